The van der Waals surface area contributed by atoms with Gasteiger partial charge in [0, 0.05) is 24.8 Å². The maximum absolute atomic E-state index is 12.4. The maximum atomic E-state index is 12.4. The van der Waals surface area contributed by atoms with Gasteiger partial charge in [-0.3, -0.25) is 0 Å². The number of piperidine rings is 1. The average molecular weight is 338 g/mol. The Morgan fingerprint density at radius 1 is 1.16 bits per heavy atom. The summed E-state index contributed by atoms with van der Waals surface area (Å²) in [6, 6.07) is 20.3. The minimum absolute atomic E-state index is 0.208. The SMILES string of the molecule is C[C@H](Nc1ccccc1)[C@@H]1CCCN(C(=O)OCc2ccccc2)C1. The molecule has 0 spiro atoms. The Bertz CT molecular complexity index is 660. The van der Waals surface area contributed by atoms with Crippen molar-refractivity contribution < 1.29 is 9.53 Å². The van der Waals surface area contributed by atoms with E-state index in [1.807, 2.05) is 53.4 Å². The van der Waals surface area contributed by atoms with Crippen molar-refractivity contribution in [3.8, 4) is 0 Å². The quantitative estimate of drug-likeness (QED) is 0.870. The summed E-state index contributed by atoms with van der Waals surface area (Å²) in [6.45, 7) is 4.05. The average Bonchev–Trinajstić information content (AvgIpc) is 2.68. The number of nitrogens with one attached hydrogen (secondary N) is 1. The Balaban J connectivity index is 1.50. The zero-order valence-electron chi connectivity index (χ0n) is 14.7. The van der Waals surface area contributed by atoms with Crippen LogP contribution in [0, 0.1) is 5.92 Å². The lowest BCUT2D eigenvalue weighted by molar-refractivity contribution is 0.0773. The molecular weight excluding hydrogens is 312 g/mol. The number of rotatable bonds is 5. The summed E-state index contributed by atoms with van der Waals surface area (Å²) in [7, 11) is 0. The molecule has 4 nitrogen and oxygen atoms in total. The molecule has 132 valence electrons. The normalized spacial score (nSPS) is 18.4. The highest BCUT2D eigenvalue weighted by molar-refractivity contribution is 5.67. The van der Waals surface area contributed by atoms with Gasteiger partial charge in [0.1, 0.15) is 6.61 Å². The predicted molar refractivity (Wildman–Crippen MR) is 100 cm³/mol. The van der Waals surface area contributed by atoms with Gasteiger partial charge in [0.2, 0.25) is 0 Å². The number of hydrogen-bond donors (Lipinski definition) is 1. The Labute approximate surface area is 149 Å². The number of carbonyl (C=O) groups is 1. The molecule has 0 unspecified atom stereocenters. The van der Waals surface area contributed by atoms with Crippen LogP contribution in [0.3, 0.4) is 0 Å². The fourth-order valence-corrected chi connectivity index (χ4v) is 3.31. The highest BCUT2D eigenvalue weighted by Gasteiger charge is 2.28. The summed E-state index contributed by atoms with van der Waals surface area (Å²) in [4.78, 5) is 14.2. The van der Waals surface area contributed by atoms with Crippen molar-refractivity contribution in [2.24, 2.45) is 5.92 Å². The summed E-state index contributed by atoms with van der Waals surface area (Å²) in [5.41, 5.74) is 2.14. The highest BCUT2D eigenvalue weighted by Crippen LogP contribution is 2.23. The van der Waals surface area contributed by atoms with Crippen LogP contribution in [-0.2, 0) is 11.3 Å². The molecule has 1 aliphatic heterocycles. The van der Waals surface area contributed by atoms with Crippen molar-refractivity contribution in [1.29, 1.82) is 0 Å². The molecule has 1 heterocycles. The molecule has 1 amide bonds. The number of nitrogens with zero attached hydrogens (tertiary/aromatic N) is 1. The van der Waals surface area contributed by atoms with Gasteiger partial charge in [0.05, 0.1) is 0 Å². The molecule has 2 aromatic carbocycles. The topological polar surface area (TPSA) is 41.6 Å². The van der Waals surface area contributed by atoms with E-state index in [0.717, 1.165) is 37.2 Å². The molecule has 0 bridgehead atoms. The molecule has 0 aromatic heterocycles. The van der Waals surface area contributed by atoms with Crippen LogP contribution in [0.2, 0.25) is 0 Å². The first-order valence-electron chi connectivity index (χ1n) is 8.99. The van der Waals surface area contributed by atoms with Crippen LogP contribution in [0.1, 0.15) is 25.3 Å². The lowest BCUT2D eigenvalue weighted by Gasteiger charge is -2.35. The summed E-state index contributed by atoms with van der Waals surface area (Å²) >= 11 is 0. The van der Waals surface area contributed by atoms with Crippen LogP contribution in [0.5, 0.6) is 0 Å². The van der Waals surface area contributed by atoms with Crippen molar-refractivity contribution in [1.82, 2.24) is 4.90 Å². The number of amides is 1. The minimum Gasteiger partial charge on any atom is -0.445 e. The maximum Gasteiger partial charge on any atom is 0.410 e. The molecule has 4 heteroatoms. The molecule has 1 N–H and O–H groups in total. The van der Waals surface area contributed by atoms with E-state index in [-0.39, 0.29) is 6.09 Å². The molecule has 1 aliphatic rings. The first kappa shape index (κ1) is 17.3. The van der Waals surface area contributed by atoms with Gasteiger partial charge in [-0.15, -0.1) is 0 Å². The Kier molecular flexibility index (Phi) is 5.94. The largest absolute Gasteiger partial charge is 0.445 e. The Morgan fingerprint density at radius 2 is 1.84 bits per heavy atom. The van der Waals surface area contributed by atoms with E-state index in [2.05, 4.69) is 24.4 Å². The predicted octanol–water partition coefficient (Wildman–Crippen LogP) is 4.54. The molecule has 1 saturated heterocycles. The second-order valence-corrected chi connectivity index (χ2v) is 6.69. The molecular formula is C21H26N2O2. The highest BCUT2D eigenvalue weighted by atomic mass is 16.6. The van der Waals surface area contributed by atoms with E-state index in [9.17, 15) is 4.79 Å². The second-order valence-electron chi connectivity index (χ2n) is 6.69. The summed E-state index contributed by atoms with van der Waals surface area (Å²) in [6.07, 6.45) is 1.94. The van der Waals surface area contributed by atoms with Gasteiger partial charge in [-0.2, -0.15) is 0 Å². The Morgan fingerprint density at radius 3 is 2.56 bits per heavy atom. The minimum atomic E-state index is -0.208. The lowest BCUT2D eigenvalue weighted by Crippen LogP contribution is -2.44. The first-order chi connectivity index (χ1) is 12.2. The van der Waals surface area contributed by atoms with Gasteiger partial charge in [0.25, 0.3) is 0 Å². The molecule has 0 radical (unpaired) electrons. The van der Waals surface area contributed by atoms with E-state index in [1.54, 1.807) is 0 Å². The van der Waals surface area contributed by atoms with Crippen LogP contribution in [0.4, 0.5) is 10.5 Å². The van der Waals surface area contributed by atoms with Gasteiger partial charge >= 0.3 is 6.09 Å². The lowest BCUT2D eigenvalue weighted by atomic mass is 9.91. The van der Waals surface area contributed by atoms with Crippen molar-refractivity contribution in [2.75, 3.05) is 18.4 Å². The molecule has 0 aliphatic carbocycles. The molecule has 1 fully saturated rings. The molecule has 3 rings (SSSR count). The number of benzene rings is 2. The van der Waals surface area contributed by atoms with E-state index >= 15 is 0 Å². The smallest absolute Gasteiger partial charge is 0.410 e. The summed E-state index contributed by atoms with van der Waals surface area (Å²) in [5, 5.41) is 3.55. The van der Waals surface area contributed by atoms with Gasteiger partial charge in [-0.25, -0.2) is 4.79 Å². The first-order valence-corrected chi connectivity index (χ1v) is 8.99. The molecule has 25 heavy (non-hydrogen) atoms. The summed E-state index contributed by atoms with van der Waals surface area (Å²) < 4.78 is 5.48. The van der Waals surface area contributed by atoms with Crippen LogP contribution >= 0.6 is 0 Å². The fraction of sp³-hybridized carbons (Fsp3) is 0.381. The van der Waals surface area contributed by atoms with Crippen LogP contribution in [0.25, 0.3) is 0 Å². The van der Waals surface area contributed by atoms with Gasteiger partial charge in [0.15, 0.2) is 0 Å². The molecule has 0 saturated carbocycles. The fourth-order valence-electron chi connectivity index (χ4n) is 3.31. The van der Waals surface area contributed by atoms with Crippen LogP contribution in [-0.4, -0.2) is 30.1 Å². The number of carbonyl (C=O) groups excluding carboxylic acids is 1. The van der Waals surface area contributed by atoms with E-state index in [4.69, 9.17) is 4.74 Å². The van der Waals surface area contributed by atoms with Gasteiger partial charge in [-0.1, -0.05) is 48.5 Å². The third-order valence-corrected chi connectivity index (χ3v) is 4.80. The van der Waals surface area contributed by atoms with Crippen molar-refractivity contribution in [3.63, 3.8) is 0 Å². The van der Waals surface area contributed by atoms with Crippen molar-refractivity contribution in [2.45, 2.75) is 32.4 Å². The number of likely N-dealkylation sites (tertiary alicyclic amines) is 1. The van der Waals surface area contributed by atoms with Gasteiger partial charge in [-0.05, 0) is 43.4 Å². The standard InChI is InChI=1S/C21H26N2O2/c1-17(22-20-12-6-3-7-13-20)19-11-8-14-23(15-19)21(24)25-16-18-9-4-2-5-10-18/h2-7,9-10,12-13,17,19,22H,8,11,14-16H2,1H3/t17-,19+/m0/s1. The summed E-state index contributed by atoms with van der Waals surface area (Å²) in [5.74, 6) is 0.429. The molecule has 2 atom stereocenters. The molecule has 2 aromatic rings. The van der Waals surface area contributed by atoms with Crippen molar-refractivity contribution in [3.05, 3.63) is 66.2 Å². The van der Waals surface area contributed by atoms with E-state index in [0.29, 0.717) is 18.6 Å². The van der Waals surface area contributed by atoms with Crippen LogP contribution in [0.15, 0.2) is 60.7 Å². The van der Waals surface area contributed by atoms with Gasteiger partial charge < -0.3 is 15.0 Å². The number of ether oxygens (including phenoxy) is 1. The number of anilines is 1. The third kappa shape index (κ3) is 4.99. The second kappa shape index (κ2) is 8.56. The zero-order chi connectivity index (χ0) is 17.5. The van der Waals surface area contributed by atoms with Crippen LogP contribution < -0.4 is 5.32 Å². The van der Waals surface area contributed by atoms with E-state index < -0.39 is 0 Å². The van der Waals surface area contributed by atoms with E-state index in [1.165, 1.54) is 0 Å². The number of hydrogen-bond acceptors (Lipinski definition) is 3. The monoisotopic (exact) mass is 338 g/mol. The number of para-hydroxylation sites is 1. The third-order valence-electron chi connectivity index (χ3n) is 4.80. The Hall–Kier alpha value is -2.49. The zero-order valence-corrected chi connectivity index (χ0v) is 14.7. The van der Waals surface area contributed by atoms with Crippen molar-refractivity contribution >= 4 is 11.8 Å².